The van der Waals surface area contributed by atoms with Gasteiger partial charge in [0.1, 0.15) is 0 Å². The minimum absolute atomic E-state index is 0.163. The van der Waals surface area contributed by atoms with Crippen LogP contribution in [0.15, 0.2) is 106 Å². The van der Waals surface area contributed by atoms with E-state index in [1.54, 1.807) is 56.2 Å². The van der Waals surface area contributed by atoms with Gasteiger partial charge in [0.15, 0.2) is 0 Å². The van der Waals surface area contributed by atoms with Crippen molar-refractivity contribution in [2.24, 2.45) is 0 Å². The molecule has 268 valence electrons. The van der Waals surface area contributed by atoms with Crippen LogP contribution in [0, 0.1) is 0 Å². The first-order chi connectivity index (χ1) is 24.4. The monoisotopic (exact) mass is 778 g/mol. The van der Waals surface area contributed by atoms with E-state index in [0.717, 1.165) is 6.42 Å². The van der Waals surface area contributed by atoms with E-state index < -0.39 is 29.3 Å². The van der Waals surface area contributed by atoms with E-state index >= 15 is 0 Å². The Morgan fingerprint density at radius 2 is 0.942 bits per heavy atom. The Morgan fingerprint density at radius 3 is 1.31 bits per heavy atom. The minimum atomic E-state index is -2.88. The van der Waals surface area contributed by atoms with Crippen molar-refractivity contribution in [2.75, 3.05) is 0 Å². The number of rotatable bonds is 5. The molecule has 4 aliphatic rings. The fraction of sp³-hybridized carbons (Fsp3) is 0.420. The molecule has 0 aliphatic heterocycles. The van der Waals surface area contributed by atoms with Crippen LogP contribution in [0.25, 0.3) is 11.1 Å². The van der Waals surface area contributed by atoms with Crippen molar-refractivity contribution in [1.29, 1.82) is 0 Å². The second-order valence-electron chi connectivity index (χ2n) is 20.2. The fourth-order valence-electron chi connectivity index (χ4n) is 10.1. The molecule has 0 nitrogen and oxygen atoms in total. The number of hydrogen-bond acceptors (Lipinski definition) is 0. The average Bonchev–Trinajstić information content (AvgIpc) is 3.71. The number of benzene rings is 4. The third kappa shape index (κ3) is 5.98. The SMILES string of the molecule is CC1(C)CCC(C)(C)c2cc3c(cc21)-c1cc2c(cc1[CH]3[Zr]([C]1=CC([Si](C)(C)C)=CC1)=[C](c1ccccc1)c1ccccc1)C(C)(C)CCC2(C)C. The van der Waals surface area contributed by atoms with Crippen molar-refractivity contribution < 1.29 is 21.3 Å². The molecule has 52 heavy (non-hydrogen) atoms. The average molecular weight is 780 g/mol. The van der Waals surface area contributed by atoms with Gasteiger partial charge in [-0.2, -0.15) is 0 Å². The van der Waals surface area contributed by atoms with Crippen molar-refractivity contribution in [3.63, 3.8) is 0 Å². The van der Waals surface area contributed by atoms with Crippen LogP contribution in [0.1, 0.15) is 136 Å². The summed E-state index contributed by atoms with van der Waals surface area (Å²) < 4.78 is 3.86. The molecule has 0 saturated heterocycles. The van der Waals surface area contributed by atoms with Crippen molar-refractivity contribution in [1.82, 2.24) is 0 Å². The van der Waals surface area contributed by atoms with Gasteiger partial charge >= 0.3 is 326 Å². The van der Waals surface area contributed by atoms with Crippen LogP contribution in [0.5, 0.6) is 0 Å². The Kier molecular flexibility index (Phi) is 8.68. The molecule has 0 fully saturated rings. The normalized spacial score (nSPS) is 20.6. The third-order valence-electron chi connectivity index (χ3n) is 13.7. The van der Waals surface area contributed by atoms with Gasteiger partial charge in [0.2, 0.25) is 0 Å². The summed E-state index contributed by atoms with van der Waals surface area (Å²) in [4.78, 5) is 0. The van der Waals surface area contributed by atoms with Gasteiger partial charge in [-0.3, -0.25) is 0 Å². The molecule has 0 saturated carbocycles. The standard InChI is InChI=1S/C29H37.C13H10.C8H13Si.Zr/c1-26(2)9-11-28(5,6)24-16-20-18(14-22(24)26)13-19-15-23-25(17-21(19)20)29(7,8)12-10-27(23,3)4;1-3-7-12(8-4-1)11-13-9-5-2-6-10-13;1-9(2,3)8-6-4-5-7-8;/h13-17H,9-12H2,1-8H3;1-10H;6-7H,4H2,1-3H3;. The van der Waals surface area contributed by atoms with E-state index in [-0.39, 0.29) is 21.7 Å². The molecule has 8 rings (SSSR count). The van der Waals surface area contributed by atoms with Crippen LogP contribution < -0.4 is 0 Å². The second-order valence-corrected chi connectivity index (χ2v) is 31.6. The quantitative estimate of drug-likeness (QED) is 0.177. The molecule has 0 aromatic heterocycles. The number of fused-ring (bicyclic) bond motifs is 5. The first kappa shape index (κ1) is 36.3. The van der Waals surface area contributed by atoms with Gasteiger partial charge < -0.3 is 0 Å². The molecule has 0 amide bonds. The van der Waals surface area contributed by atoms with Crippen molar-refractivity contribution >= 4 is 11.3 Å². The zero-order valence-corrected chi connectivity index (χ0v) is 37.3. The second kappa shape index (κ2) is 12.4. The molecule has 0 unspecified atom stereocenters. The summed E-state index contributed by atoms with van der Waals surface area (Å²) in [5, 5.41) is 1.65. The predicted molar refractivity (Wildman–Crippen MR) is 225 cm³/mol. The summed E-state index contributed by atoms with van der Waals surface area (Å²) in [5.74, 6) is 0. The predicted octanol–water partition coefficient (Wildman–Crippen LogP) is 13.4. The first-order valence-electron chi connectivity index (χ1n) is 20.0. The summed E-state index contributed by atoms with van der Waals surface area (Å²) in [6.45, 7) is 27.7. The van der Waals surface area contributed by atoms with Crippen molar-refractivity contribution in [3.8, 4) is 11.1 Å². The summed E-state index contributed by atoms with van der Waals surface area (Å²) >= 11 is -2.88. The maximum atomic E-state index is 2.78. The maximum absolute atomic E-state index is 2.88. The van der Waals surface area contributed by atoms with E-state index in [0.29, 0.717) is 3.63 Å². The van der Waals surface area contributed by atoms with Crippen LogP contribution in [0.2, 0.25) is 19.6 Å². The van der Waals surface area contributed by atoms with Crippen LogP contribution >= 0.6 is 0 Å². The molecule has 0 bridgehead atoms. The molecule has 0 heterocycles. The van der Waals surface area contributed by atoms with Gasteiger partial charge in [-0.05, 0) is 0 Å². The Labute approximate surface area is 324 Å². The summed E-state index contributed by atoms with van der Waals surface area (Å²) in [5.41, 5.74) is 16.3. The Balaban J connectivity index is 1.53. The molecular formula is C50H60SiZr. The molecule has 0 atom stereocenters. The van der Waals surface area contributed by atoms with Gasteiger partial charge in [0.25, 0.3) is 0 Å². The topological polar surface area (TPSA) is 0 Å². The summed E-state index contributed by atoms with van der Waals surface area (Å²) in [7, 11) is -1.49. The third-order valence-corrected chi connectivity index (χ3v) is 24.1. The number of allylic oxidation sites excluding steroid dienone is 4. The van der Waals surface area contributed by atoms with E-state index in [4.69, 9.17) is 0 Å². The molecule has 0 radical (unpaired) electrons. The van der Waals surface area contributed by atoms with Crippen LogP contribution in [-0.4, -0.2) is 11.3 Å². The van der Waals surface area contributed by atoms with Crippen molar-refractivity contribution in [2.45, 2.75) is 132 Å². The first-order valence-corrected chi connectivity index (χ1v) is 27.4. The molecule has 0 N–H and O–H groups in total. The zero-order chi connectivity index (χ0) is 37.0. The molecule has 4 aromatic carbocycles. The summed E-state index contributed by atoms with van der Waals surface area (Å²) in [6.07, 6.45) is 11.5. The van der Waals surface area contributed by atoms with E-state index in [9.17, 15) is 0 Å². The molecular weight excluding hydrogens is 720 g/mol. The molecule has 4 aromatic rings. The van der Waals surface area contributed by atoms with E-state index in [2.05, 4.69) is 172 Å². The van der Waals surface area contributed by atoms with Gasteiger partial charge in [-0.25, -0.2) is 0 Å². The van der Waals surface area contributed by atoms with Gasteiger partial charge in [-0.1, -0.05) is 0 Å². The molecule has 0 spiro atoms. The van der Waals surface area contributed by atoms with Crippen LogP contribution in [0.4, 0.5) is 0 Å². The molecule has 4 aliphatic carbocycles. The van der Waals surface area contributed by atoms with Gasteiger partial charge in [-0.15, -0.1) is 0 Å². The van der Waals surface area contributed by atoms with Gasteiger partial charge in [0.05, 0.1) is 0 Å². The van der Waals surface area contributed by atoms with Crippen LogP contribution in [-0.2, 0) is 42.9 Å². The fourth-order valence-corrected chi connectivity index (χ4v) is 20.8. The Hall–Kier alpha value is -2.67. The number of hydrogen-bond donors (Lipinski definition) is 0. The Morgan fingerprint density at radius 1 is 0.558 bits per heavy atom. The summed E-state index contributed by atoms with van der Waals surface area (Å²) in [6, 6.07) is 34.1. The van der Waals surface area contributed by atoms with E-state index in [1.165, 1.54) is 36.8 Å². The van der Waals surface area contributed by atoms with Crippen LogP contribution in [0.3, 0.4) is 0 Å². The van der Waals surface area contributed by atoms with E-state index in [1.807, 2.05) is 0 Å². The zero-order valence-electron chi connectivity index (χ0n) is 33.9. The molecule has 2 heteroatoms. The Bertz CT molecular complexity index is 2050. The van der Waals surface area contributed by atoms with Crippen molar-refractivity contribution in [3.05, 3.63) is 150 Å². The van der Waals surface area contributed by atoms with Gasteiger partial charge in [0, 0.05) is 0 Å².